The van der Waals surface area contributed by atoms with Gasteiger partial charge in [-0.15, -0.1) is 10.2 Å². The number of H-pyrrole nitrogens is 1. The van der Waals surface area contributed by atoms with Crippen molar-refractivity contribution >= 4 is 10.9 Å². The Morgan fingerprint density at radius 2 is 1.97 bits per heavy atom. The van der Waals surface area contributed by atoms with Crippen molar-refractivity contribution in [3.63, 3.8) is 0 Å². The number of nitrogens with one attached hydrogen (secondary N) is 1. The van der Waals surface area contributed by atoms with Gasteiger partial charge in [-0.05, 0) is 61.3 Å². The molecule has 2 aromatic carbocycles. The Labute approximate surface area is 206 Å². The predicted molar refractivity (Wildman–Crippen MR) is 138 cm³/mol. The van der Waals surface area contributed by atoms with Crippen LogP contribution in [0, 0.1) is 17.7 Å². The van der Waals surface area contributed by atoms with E-state index in [1.807, 2.05) is 35.9 Å². The van der Waals surface area contributed by atoms with Crippen molar-refractivity contribution in [2.45, 2.75) is 51.5 Å². The van der Waals surface area contributed by atoms with Gasteiger partial charge in [0, 0.05) is 36.8 Å². The lowest BCUT2D eigenvalue weighted by molar-refractivity contribution is 0.175. The Balaban J connectivity index is 1.34. The van der Waals surface area contributed by atoms with Crippen LogP contribution >= 0.6 is 0 Å². The van der Waals surface area contributed by atoms with Crippen molar-refractivity contribution in [3.8, 4) is 11.1 Å². The third-order valence-corrected chi connectivity index (χ3v) is 8.18. The minimum Gasteiger partial charge on any atom is -0.355 e. The zero-order chi connectivity index (χ0) is 24.2. The molecular weight excluding hydrogens is 437 g/mol. The van der Waals surface area contributed by atoms with E-state index in [-0.39, 0.29) is 11.2 Å². The Kier molecular flexibility index (Phi) is 5.52. The largest absolute Gasteiger partial charge is 0.355 e. The van der Waals surface area contributed by atoms with E-state index in [2.05, 4.69) is 52.1 Å². The van der Waals surface area contributed by atoms with E-state index in [1.54, 1.807) is 6.33 Å². The lowest BCUT2D eigenvalue weighted by Crippen LogP contribution is -2.43. The van der Waals surface area contributed by atoms with E-state index in [0.717, 1.165) is 60.9 Å². The van der Waals surface area contributed by atoms with Crippen molar-refractivity contribution in [1.29, 1.82) is 0 Å². The molecule has 182 valence electrons. The monoisotopic (exact) mass is 471 g/mol. The van der Waals surface area contributed by atoms with Gasteiger partial charge in [0.05, 0.1) is 10.9 Å². The highest BCUT2D eigenvalue weighted by Gasteiger charge is 2.48. The van der Waals surface area contributed by atoms with Crippen LogP contribution in [-0.2, 0) is 19.0 Å². The number of hydrogen-bond acceptors (Lipinski definition) is 3. The van der Waals surface area contributed by atoms with Gasteiger partial charge < -0.3 is 9.55 Å². The van der Waals surface area contributed by atoms with Crippen LogP contribution in [0.1, 0.15) is 56.6 Å². The predicted octanol–water partition coefficient (Wildman–Crippen LogP) is 6.05. The number of rotatable bonds is 5. The summed E-state index contributed by atoms with van der Waals surface area (Å²) in [4.78, 5) is 5.88. The zero-order valence-electron chi connectivity index (χ0n) is 20.9. The maximum absolute atomic E-state index is 15.9. The molecule has 0 amide bonds. The fourth-order valence-electron chi connectivity index (χ4n) is 6.58. The minimum absolute atomic E-state index is 0.160. The molecule has 1 saturated carbocycles. The summed E-state index contributed by atoms with van der Waals surface area (Å²) in [7, 11) is 2.00. The number of aryl methyl sites for hydroxylation is 1. The van der Waals surface area contributed by atoms with E-state index >= 15 is 4.39 Å². The highest BCUT2D eigenvalue weighted by atomic mass is 19.1. The second kappa shape index (κ2) is 8.59. The van der Waals surface area contributed by atoms with E-state index in [1.165, 1.54) is 18.4 Å². The maximum Gasteiger partial charge on any atom is 0.155 e. The number of likely N-dealkylation sites (tertiary alicyclic amines) is 1. The molecule has 2 fully saturated rings. The molecule has 3 heterocycles. The maximum atomic E-state index is 15.9. The van der Waals surface area contributed by atoms with Gasteiger partial charge in [0.15, 0.2) is 5.82 Å². The first-order chi connectivity index (χ1) is 16.9. The number of halogens is 1. The van der Waals surface area contributed by atoms with Crippen LogP contribution in [-0.4, -0.2) is 37.7 Å². The van der Waals surface area contributed by atoms with Crippen LogP contribution in [0.25, 0.3) is 22.0 Å². The molecular formula is C29H34FN5. The Bertz CT molecular complexity index is 1360. The quantitative estimate of drug-likeness (QED) is 0.385. The summed E-state index contributed by atoms with van der Waals surface area (Å²) in [5.74, 6) is 2.17. The number of nitrogens with zero attached hydrogens (tertiary/aromatic N) is 4. The van der Waals surface area contributed by atoms with Crippen molar-refractivity contribution < 1.29 is 4.39 Å². The fourth-order valence-corrected chi connectivity index (χ4v) is 6.58. The van der Waals surface area contributed by atoms with E-state index in [9.17, 15) is 0 Å². The molecule has 1 aliphatic carbocycles. The van der Waals surface area contributed by atoms with Crippen molar-refractivity contribution in [1.82, 2.24) is 24.6 Å². The first kappa shape index (κ1) is 22.5. The van der Waals surface area contributed by atoms with Gasteiger partial charge in [-0.1, -0.05) is 50.2 Å². The van der Waals surface area contributed by atoms with Crippen molar-refractivity contribution in [3.05, 3.63) is 71.7 Å². The topological polar surface area (TPSA) is 49.7 Å². The van der Waals surface area contributed by atoms with Crippen LogP contribution in [0.2, 0.25) is 0 Å². The van der Waals surface area contributed by atoms with E-state index in [4.69, 9.17) is 0 Å². The summed E-state index contributed by atoms with van der Waals surface area (Å²) in [5.41, 5.74) is 4.27. The zero-order valence-corrected chi connectivity index (χ0v) is 20.9. The molecule has 5 nitrogen and oxygen atoms in total. The average Bonchev–Trinajstić information content (AvgIpc) is 3.43. The molecule has 1 atom stereocenters. The summed E-state index contributed by atoms with van der Waals surface area (Å²) in [6.45, 7) is 7.67. The second-order valence-corrected chi connectivity index (χ2v) is 11.1. The third-order valence-electron chi connectivity index (χ3n) is 8.18. The highest BCUT2D eigenvalue weighted by molar-refractivity contribution is 5.86. The normalized spacial score (nSPS) is 25.1. The molecule has 6 heteroatoms. The summed E-state index contributed by atoms with van der Waals surface area (Å²) < 4.78 is 17.9. The molecule has 2 aliphatic rings. The van der Waals surface area contributed by atoms with Crippen LogP contribution < -0.4 is 0 Å². The molecule has 1 aliphatic heterocycles. The smallest absolute Gasteiger partial charge is 0.155 e. The van der Waals surface area contributed by atoms with Crippen LogP contribution in [0.4, 0.5) is 4.39 Å². The van der Waals surface area contributed by atoms with E-state index in [0.29, 0.717) is 17.0 Å². The van der Waals surface area contributed by atoms with Gasteiger partial charge in [0.25, 0.3) is 0 Å². The summed E-state index contributed by atoms with van der Waals surface area (Å²) in [5, 5.41) is 9.55. The first-order valence-electron chi connectivity index (χ1n) is 12.9. The Morgan fingerprint density at radius 3 is 2.71 bits per heavy atom. The third kappa shape index (κ3) is 3.88. The number of piperidine rings is 1. The highest BCUT2D eigenvalue weighted by Crippen LogP contribution is 2.52. The van der Waals surface area contributed by atoms with Gasteiger partial charge in [-0.3, -0.25) is 4.90 Å². The fraction of sp³-hybridized carbons (Fsp3) is 0.448. The molecule has 0 spiro atoms. The molecule has 0 radical (unpaired) electrons. The first-order valence-corrected chi connectivity index (χ1v) is 12.9. The van der Waals surface area contributed by atoms with Gasteiger partial charge in [-0.2, -0.15) is 0 Å². The molecule has 35 heavy (non-hydrogen) atoms. The Morgan fingerprint density at radius 1 is 1.11 bits per heavy atom. The number of hydrogen-bond donors (Lipinski definition) is 1. The Hall–Kier alpha value is -2.99. The van der Waals surface area contributed by atoms with Gasteiger partial charge in [0.1, 0.15) is 12.2 Å². The van der Waals surface area contributed by atoms with Crippen molar-refractivity contribution in [2.24, 2.45) is 18.9 Å². The lowest BCUT2D eigenvalue weighted by atomic mass is 9.58. The molecule has 0 bridgehead atoms. The van der Waals surface area contributed by atoms with Crippen LogP contribution in [0.15, 0.2) is 48.8 Å². The molecule has 6 rings (SSSR count). The average molecular weight is 472 g/mol. The molecule has 4 aromatic rings. The number of aromatic amines is 1. The lowest BCUT2D eigenvalue weighted by Gasteiger charge is -2.46. The van der Waals surface area contributed by atoms with Gasteiger partial charge in [0.2, 0.25) is 0 Å². The molecule has 2 aromatic heterocycles. The summed E-state index contributed by atoms with van der Waals surface area (Å²) in [6.07, 6.45) is 6.37. The minimum atomic E-state index is -0.174. The number of aromatic nitrogens is 4. The van der Waals surface area contributed by atoms with Crippen LogP contribution in [0.3, 0.4) is 0 Å². The standard InChI is InChI=1S/C29H34FN5/c1-19-6-5-11-35(16-19)17-24-13-22-9-10-25(26(30)27(22)32-24)21-7-4-8-23(12-21)29(14-20(2)15-29)28-33-31-18-34(28)3/h4,7-10,12-13,18-20,32H,5-6,11,14-17H2,1-3H3/t19-,20?,29?/m0/s1. The summed E-state index contributed by atoms with van der Waals surface area (Å²) in [6, 6.07) is 14.5. The summed E-state index contributed by atoms with van der Waals surface area (Å²) >= 11 is 0. The second-order valence-electron chi connectivity index (χ2n) is 11.1. The molecule has 0 unspecified atom stereocenters. The van der Waals surface area contributed by atoms with Gasteiger partial charge >= 0.3 is 0 Å². The molecule has 1 saturated heterocycles. The SMILES string of the molecule is CC1CC(c2cccc(-c3ccc4cc(CN5CCC[C@H](C)C5)[nH]c4c3F)c2)(c2nncn2C)C1. The van der Waals surface area contributed by atoms with Gasteiger partial charge in [-0.25, -0.2) is 4.39 Å². The number of benzene rings is 2. The van der Waals surface area contributed by atoms with E-state index < -0.39 is 0 Å². The molecule has 1 N–H and O–H groups in total. The van der Waals surface area contributed by atoms with Crippen LogP contribution in [0.5, 0.6) is 0 Å². The number of fused-ring (bicyclic) bond motifs is 1. The van der Waals surface area contributed by atoms with Crippen molar-refractivity contribution in [2.75, 3.05) is 13.1 Å².